The third-order valence-corrected chi connectivity index (χ3v) is 2.66. The summed E-state index contributed by atoms with van der Waals surface area (Å²) in [4.78, 5) is 15.2. The normalized spacial score (nSPS) is 11.9. The molecule has 0 fully saturated rings. The maximum Gasteiger partial charge on any atom is 0.240 e. The Morgan fingerprint density at radius 2 is 2.29 bits per heavy atom. The van der Waals surface area contributed by atoms with E-state index in [2.05, 4.69) is 10.3 Å². The summed E-state index contributed by atoms with van der Waals surface area (Å²) < 4.78 is 0. The molecule has 0 aliphatic heterocycles. The van der Waals surface area contributed by atoms with Gasteiger partial charge in [0.25, 0.3) is 0 Å². The lowest BCUT2D eigenvalue weighted by Crippen LogP contribution is -2.39. The maximum absolute atomic E-state index is 11.2. The highest BCUT2D eigenvalue weighted by atomic mass is 35.5. The number of nitrogens with one attached hydrogen (secondary N) is 1. The van der Waals surface area contributed by atoms with Gasteiger partial charge in [-0.2, -0.15) is 5.26 Å². The van der Waals surface area contributed by atoms with Gasteiger partial charge in [0, 0.05) is 6.20 Å². The van der Waals surface area contributed by atoms with E-state index in [4.69, 9.17) is 22.6 Å². The highest BCUT2D eigenvalue weighted by molar-refractivity contribution is 6.34. The third kappa shape index (κ3) is 3.08. The number of carbonyl (C=O) groups is 1. The summed E-state index contributed by atoms with van der Waals surface area (Å²) in [5.74, 6) is -0.195. The lowest BCUT2D eigenvalue weighted by molar-refractivity contribution is -0.119. The minimum absolute atomic E-state index is 0.00360. The monoisotopic (exact) mass is 252 g/mol. The van der Waals surface area contributed by atoms with Gasteiger partial charge >= 0.3 is 0 Å². The van der Waals surface area contributed by atoms with Gasteiger partial charge in [0.1, 0.15) is 23.0 Å². The van der Waals surface area contributed by atoms with Crippen molar-refractivity contribution in [2.45, 2.75) is 19.9 Å². The average Bonchev–Trinajstić information content (AvgIpc) is 2.26. The number of nitrogens with two attached hydrogens (primary N) is 1. The van der Waals surface area contributed by atoms with Crippen LogP contribution in [-0.2, 0) is 4.79 Å². The molecule has 1 unspecified atom stereocenters. The molecule has 17 heavy (non-hydrogen) atoms. The lowest BCUT2D eigenvalue weighted by atomic mass is 10.0. The zero-order chi connectivity index (χ0) is 13.0. The van der Waals surface area contributed by atoms with Crippen molar-refractivity contribution in [2.75, 3.05) is 5.32 Å². The molecule has 5 nitrogen and oxygen atoms in total. The van der Waals surface area contributed by atoms with E-state index in [0.29, 0.717) is 11.4 Å². The first-order valence-electron chi connectivity index (χ1n) is 5.07. The van der Waals surface area contributed by atoms with Crippen LogP contribution in [0.25, 0.3) is 0 Å². The van der Waals surface area contributed by atoms with Crippen LogP contribution in [0.15, 0.2) is 12.3 Å². The van der Waals surface area contributed by atoms with Crippen molar-refractivity contribution in [1.82, 2.24) is 4.98 Å². The fraction of sp³-hybridized carbons (Fsp3) is 0.364. The van der Waals surface area contributed by atoms with E-state index in [1.807, 2.05) is 19.9 Å². The number of carbonyl (C=O) groups excluding carboxylic acids is 1. The molecular weight excluding hydrogens is 240 g/mol. The van der Waals surface area contributed by atoms with Crippen molar-refractivity contribution in [3.63, 3.8) is 0 Å². The van der Waals surface area contributed by atoms with E-state index in [-0.39, 0.29) is 10.9 Å². The van der Waals surface area contributed by atoms with Gasteiger partial charge in [0.2, 0.25) is 5.91 Å². The van der Waals surface area contributed by atoms with Crippen molar-refractivity contribution in [3.05, 3.63) is 22.8 Å². The minimum atomic E-state index is -0.575. The molecule has 1 heterocycles. The van der Waals surface area contributed by atoms with Gasteiger partial charge in [-0.1, -0.05) is 25.4 Å². The predicted molar refractivity (Wildman–Crippen MR) is 65.4 cm³/mol. The number of aromatic nitrogens is 1. The predicted octanol–water partition coefficient (Wildman–Crippen LogP) is 1.53. The van der Waals surface area contributed by atoms with Crippen LogP contribution in [0.1, 0.15) is 19.4 Å². The van der Waals surface area contributed by atoms with E-state index < -0.39 is 11.9 Å². The lowest BCUT2D eigenvalue weighted by Gasteiger charge is -2.20. The number of hydrogen-bond donors (Lipinski definition) is 2. The van der Waals surface area contributed by atoms with Gasteiger partial charge in [-0.15, -0.1) is 0 Å². The fourth-order valence-electron chi connectivity index (χ4n) is 1.34. The summed E-state index contributed by atoms with van der Waals surface area (Å²) in [6, 6.07) is 2.87. The van der Waals surface area contributed by atoms with Crippen molar-refractivity contribution < 1.29 is 4.79 Å². The Hall–Kier alpha value is -1.80. The van der Waals surface area contributed by atoms with Crippen LogP contribution >= 0.6 is 11.6 Å². The van der Waals surface area contributed by atoms with E-state index in [9.17, 15) is 4.79 Å². The van der Waals surface area contributed by atoms with Crippen molar-refractivity contribution in [2.24, 2.45) is 11.7 Å². The minimum Gasteiger partial charge on any atom is -0.368 e. The second kappa shape index (κ2) is 5.51. The number of amides is 1. The van der Waals surface area contributed by atoms with Crippen LogP contribution in [0, 0.1) is 17.2 Å². The fourth-order valence-corrected chi connectivity index (χ4v) is 1.55. The Morgan fingerprint density at radius 1 is 1.65 bits per heavy atom. The van der Waals surface area contributed by atoms with Crippen LogP contribution in [-0.4, -0.2) is 16.9 Å². The molecule has 6 heteroatoms. The SMILES string of the molecule is CC(C)C(Nc1nccc(C#N)c1Cl)C(N)=O. The van der Waals surface area contributed by atoms with Gasteiger partial charge in [-0.3, -0.25) is 4.79 Å². The summed E-state index contributed by atoms with van der Waals surface area (Å²) in [7, 11) is 0. The Kier molecular flexibility index (Phi) is 4.30. The average molecular weight is 253 g/mol. The number of rotatable bonds is 4. The largest absolute Gasteiger partial charge is 0.368 e. The van der Waals surface area contributed by atoms with Gasteiger partial charge in [-0.05, 0) is 12.0 Å². The third-order valence-electron chi connectivity index (χ3n) is 2.28. The van der Waals surface area contributed by atoms with E-state index in [1.165, 1.54) is 12.3 Å². The molecule has 1 amide bonds. The van der Waals surface area contributed by atoms with Crippen molar-refractivity contribution >= 4 is 23.3 Å². The molecule has 0 spiro atoms. The highest BCUT2D eigenvalue weighted by Gasteiger charge is 2.21. The summed E-state index contributed by atoms with van der Waals surface area (Å²) in [6.45, 7) is 3.70. The van der Waals surface area contributed by atoms with Crippen molar-refractivity contribution in [1.29, 1.82) is 5.26 Å². The molecule has 0 saturated heterocycles. The van der Waals surface area contributed by atoms with E-state index in [0.717, 1.165) is 0 Å². The number of primary amides is 1. The van der Waals surface area contributed by atoms with Crippen LogP contribution in [0.5, 0.6) is 0 Å². The molecule has 0 aliphatic rings. The smallest absolute Gasteiger partial charge is 0.240 e. The number of pyridine rings is 1. The standard InChI is InChI=1S/C11H13ClN4O/c1-6(2)9(10(14)17)16-11-8(12)7(5-13)3-4-15-11/h3-4,6,9H,1-2H3,(H2,14,17)(H,15,16). The van der Waals surface area contributed by atoms with Crippen LogP contribution in [0.2, 0.25) is 5.02 Å². The first-order valence-corrected chi connectivity index (χ1v) is 5.45. The van der Waals surface area contributed by atoms with Crippen LogP contribution in [0.4, 0.5) is 5.82 Å². The molecule has 0 bridgehead atoms. The van der Waals surface area contributed by atoms with Gasteiger partial charge in [0.05, 0.1) is 5.56 Å². The first-order chi connectivity index (χ1) is 7.97. The Morgan fingerprint density at radius 3 is 2.76 bits per heavy atom. The Balaban J connectivity index is 3.03. The molecule has 0 aromatic carbocycles. The molecule has 1 rings (SSSR count). The summed E-state index contributed by atoms with van der Waals surface area (Å²) in [5.41, 5.74) is 5.57. The highest BCUT2D eigenvalue weighted by Crippen LogP contribution is 2.24. The number of hydrogen-bond acceptors (Lipinski definition) is 4. The molecule has 1 atom stereocenters. The van der Waals surface area contributed by atoms with E-state index >= 15 is 0 Å². The molecule has 1 aromatic rings. The molecule has 0 aliphatic carbocycles. The summed E-state index contributed by atoms with van der Waals surface area (Å²) in [5, 5.41) is 11.9. The van der Waals surface area contributed by atoms with Crippen LogP contribution < -0.4 is 11.1 Å². The quantitative estimate of drug-likeness (QED) is 0.850. The number of nitriles is 1. The first kappa shape index (κ1) is 13.3. The molecule has 0 radical (unpaired) electrons. The second-order valence-electron chi connectivity index (χ2n) is 3.90. The molecular formula is C11H13ClN4O. The number of anilines is 1. The van der Waals surface area contributed by atoms with Gasteiger partial charge < -0.3 is 11.1 Å². The molecule has 1 aromatic heterocycles. The molecule has 90 valence electrons. The maximum atomic E-state index is 11.2. The molecule has 0 saturated carbocycles. The summed E-state index contributed by atoms with van der Waals surface area (Å²) in [6.07, 6.45) is 1.45. The van der Waals surface area contributed by atoms with Gasteiger partial charge in [0.15, 0.2) is 0 Å². The number of halogens is 1. The Bertz CT molecular complexity index is 467. The topological polar surface area (TPSA) is 91.8 Å². The number of nitrogens with zero attached hydrogens (tertiary/aromatic N) is 2. The van der Waals surface area contributed by atoms with E-state index in [1.54, 1.807) is 0 Å². The molecule has 3 N–H and O–H groups in total. The zero-order valence-electron chi connectivity index (χ0n) is 9.57. The van der Waals surface area contributed by atoms with Crippen molar-refractivity contribution in [3.8, 4) is 6.07 Å². The zero-order valence-corrected chi connectivity index (χ0v) is 10.3. The Labute approximate surface area is 105 Å². The summed E-state index contributed by atoms with van der Waals surface area (Å²) >= 11 is 5.96. The van der Waals surface area contributed by atoms with Crippen LogP contribution in [0.3, 0.4) is 0 Å². The second-order valence-corrected chi connectivity index (χ2v) is 4.28. The van der Waals surface area contributed by atoms with Gasteiger partial charge in [-0.25, -0.2) is 4.98 Å².